The third-order valence-corrected chi connectivity index (χ3v) is 5.98. The number of ether oxygens (including phenoxy) is 1. The van der Waals surface area contributed by atoms with E-state index in [1.54, 1.807) is 20.0 Å². The number of rotatable bonds is 7. The Morgan fingerprint density at radius 1 is 1.03 bits per heavy atom. The van der Waals surface area contributed by atoms with E-state index in [1.165, 1.54) is 6.26 Å². The molecule has 7 heteroatoms. The molecule has 0 aliphatic rings. The molecule has 3 aromatic rings. The van der Waals surface area contributed by atoms with Gasteiger partial charge in [0.2, 0.25) is 0 Å². The highest BCUT2D eigenvalue weighted by atomic mass is 32.2. The Morgan fingerprint density at radius 2 is 1.80 bits per heavy atom. The van der Waals surface area contributed by atoms with Crippen LogP contribution in [0.4, 0.5) is 0 Å². The first kappa shape index (κ1) is 21.6. The zero-order valence-electron chi connectivity index (χ0n) is 17.5. The number of hydrogen-bond acceptors (Lipinski definition) is 4. The molecular formula is C23H27N3O3S. The summed E-state index contributed by atoms with van der Waals surface area (Å²) in [4.78, 5) is 4.58. The lowest BCUT2D eigenvalue weighted by Crippen LogP contribution is -2.38. The van der Waals surface area contributed by atoms with Crippen molar-refractivity contribution in [3.05, 3.63) is 71.8 Å². The van der Waals surface area contributed by atoms with E-state index in [1.807, 2.05) is 36.4 Å². The third-order valence-electron chi connectivity index (χ3n) is 4.72. The van der Waals surface area contributed by atoms with Gasteiger partial charge in [0.25, 0.3) is 0 Å². The Morgan fingerprint density at radius 3 is 2.53 bits per heavy atom. The van der Waals surface area contributed by atoms with Crippen molar-refractivity contribution in [2.24, 2.45) is 4.99 Å². The van der Waals surface area contributed by atoms with Crippen molar-refractivity contribution in [1.29, 1.82) is 0 Å². The zero-order chi connectivity index (χ0) is 21.6. The Bertz CT molecular complexity index is 1150. The highest BCUT2D eigenvalue weighted by Gasteiger charge is 2.11. The minimum absolute atomic E-state index is 0.361. The second kappa shape index (κ2) is 9.63. The topological polar surface area (TPSA) is 79.8 Å². The highest BCUT2D eigenvalue weighted by molar-refractivity contribution is 7.90. The molecule has 30 heavy (non-hydrogen) atoms. The van der Waals surface area contributed by atoms with Crippen LogP contribution in [0.25, 0.3) is 10.8 Å². The molecule has 0 saturated carbocycles. The van der Waals surface area contributed by atoms with E-state index in [-0.39, 0.29) is 0 Å². The van der Waals surface area contributed by atoms with E-state index < -0.39 is 9.84 Å². The van der Waals surface area contributed by atoms with Crippen LogP contribution >= 0.6 is 0 Å². The van der Waals surface area contributed by atoms with Gasteiger partial charge in [0.15, 0.2) is 15.8 Å². The number of aliphatic imine (C=N–C) groups is 1. The number of sulfone groups is 1. The molecule has 0 unspecified atom stereocenters. The SMILES string of the molecule is CN=C(NCCOc1cccc2ccccc12)NCc1ccc(S(C)(=O)=O)c(C)c1. The summed E-state index contributed by atoms with van der Waals surface area (Å²) < 4.78 is 29.4. The molecule has 3 rings (SSSR count). The minimum atomic E-state index is -3.21. The van der Waals surface area contributed by atoms with Crippen LogP contribution < -0.4 is 15.4 Å². The van der Waals surface area contributed by atoms with Gasteiger partial charge in [0.1, 0.15) is 12.4 Å². The normalized spacial score (nSPS) is 12.0. The van der Waals surface area contributed by atoms with Gasteiger partial charge in [-0.3, -0.25) is 4.99 Å². The molecule has 0 radical (unpaired) electrons. The van der Waals surface area contributed by atoms with Crippen LogP contribution in [0.5, 0.6) is 5.75 Å². The molecule has 6 nitrogen and oxygen atoms in total. The molecule has 0 bridgehead atoms. The smallest absolute Gasteiger partial charge is 0.191 e. The minimum Gasteiger partial charge on any atom is -0.491 e. The summed E-state index contributed by atoms with van der Waals surface area (Å²) in [5.74, 6) is 1.51. The molecule has 0 aliphatic carbocycles. The predicted octanol–water partition coefficient (Wildman–Crippen LogP) is 3.30. The first-order valence-electron chi connectivity index (χ1n) is 9.73. The molecule has 0 fully saturated rings. The Kier molecular flexibility index (Phi) is 6.95. The zero-order valence-corrected chi connectivity index (χ0v) is 18.3. The largest absolute Gasteiger partial charge is 0.491 e. The summed E-state index contributed by atoms with van der Waals surface area (Å²) in [7, 11) is -1.50. The molecular weight excluding hydrogens is 398 g/mol. The number of fused-ring (bicyclic) bond motifs is 1. The Hall–Kier alpha value is -3.06. The first-order chi connectivity index (χ1) is 14.4. The summed E-state index contributed by atoms with van der Waals surface area (Å²) in [5, 5.41) is 8.70. The summed E-state index contributed by atoms with van der Waals surface area (Å²) in [5.41, 5.74) is 1.72. The monoisotopic (exact) mass is 425 g/mol. The van der Waals surface area contributed by atoms with E-state index in [0.29, 0.717) is 30.6 Å². The van der Waals surface area contributed by atoms with Gasteiger partial charge in [-0.15, -0.1) is 0 Å². The van der Waals surface area contributed by atoms with Crippen LogP contribution in [0, 0.1) is 6.92 Å². The molecule has 0 heterocycles. The second-order valence-corrected chi connectivity index (χ2v) is 9.03. The van der Waals surface area contributed by atoms with Gasteiger partial charge >= 0.3 is 0 Å². The molecule has 0 spiro atoms. The molecule has 0 aliphatic heterocycles. The quantitative estimate of drug-likeness (QED) is 0.345. The average molecular weight is 426 g/mol. The number of benzene rings is 3. The van der Waals surface area contributed by atoms with Crippen LogP contribution in [-0.4, -0.2) is 40.8 Å². The van der Waals surface area contributed by atoms with E-state index in [9.17, 15) is 8.42 Å². The van der Waals surface area contributed by atoms with Gasteiger partial charge < -0.3 is 15.4 Å². The van der Waals surface area contributed by atoms with Gasteiger partial charge in [-0.25, -0.2) is 8.42 Å². The molecule has 0 saturated heterocycles. The Balaban J connectivity index is 1.50. The standard InChI is InChI=1S/C23H27N3O3S/c1-17-15-18(11-12-22(17)30(3,27)28)16-26-23(24-2)25-13-14-29-21-10-6-8-19-7-4-5-9-20(19)21/h4-12,15H,13-14,16H2,1-3H3,(H2,24,25,26). The van der Waals surface area contributed by atoms with Crippen molar-refractivity contribution in [2.45, 2.75) is 18.4 Å². The second-order valence-electron chi connectivity index (χ2n) is 7.05. The predicted molar refractivity (Wildman–Crippen MR) is 122 cm³/mol. The lowest BCUT2D eigenvalue weighted by molar-refractivity contribution is 0.325. The maximum Gasteiger partial charge on any atom is 0.191 e. The van der Waals surface area contributed by atoms with Gasteiger partial charge in [-0.1, -0.05) is 48.5 Å². The summed E-state index contributed by atoms with van der Waals surface area (Å²) in [6.07, 6.45) is 1.22. The van der Waals surface area contributed by atoms with Crippen molar-refractivity contribution in [1.82, 2.24) is 10.6 Å². The highest BCUT2D eigenvalue weighted by Crippen LogP contribution is 2.24. The van der Waals surface area contributed by atoms with Gasteiger partial charge in [0.05, 0.1) is 11.4 Å². The summed E-state index contributed by atoms with van der Waals surface area (Å²) >= 11 is 0. The van der Waals surface area contributed by atoms with Crippen LogP contribution in [0.15, 0.2) is 70.6 Å². The van der Waals surface area contributed by atoms with Gasteiger partial charge in [-0.2, -0.15) is 0 Å². The first-order valence-corrected chi connectivity index (χ1v) is 11.6. The van der Waals surface area contributed by atoms with Crippen molar-refractivity contribution in [3.63, 3.8) is 0 Å². The lowest BCUT2D eigenvalue weighted by atomic mass is 10.1. The van der Waals surface area contributed by atoms with Crippen LogP contribution in [0.2, 0.25) is 0 Å². The van der Waals surface area contributed by atoms with Crippen LogP contribution in [0.3, 0.4) is 0 Å². The summed E-state index contributed by atoms with van der Waals surface area (Å²) in [6.45, 7) is 3.43. The fourth-order valence-electron chi connectivity index (χ4n) is 3.30. The molecule has 0 aromatic heterocycles. The van der Waals surface area contributed by atoms with Gasteiger partial charge in [0, 0.05) is 25.2 Å². The van der Waals surface area contributed by atoms with Gasteiger partial charge in [-0.05, 0) is 35.6 Å². The van der Waals surface area contributed by atoms with Crippen molar-refractivity contribution in [2.75, 3.05) is 26.5 Å². The van der Waals surface area contributed by atoms with E-state index >= 15 is 0 Å². The maximum atomic E-state index is 11.7. The van der Waals surface area contributed by atoms with Crippen molar-refractivity contribution >= 4 is 26.6 Å². The third kappa shape index (κ3) is 5.51. The Labute approximate surface area is 177 Å². The number of guanidine groups is 1. The fraction of sp³-hybridized carbons (Fsp3) is 0.261. The molecule has 158 valence electrons. The van der Waals surface area contributed by atoms with E-state index in [0.717, 1.165) is 27.6 Å². The van der Waals surface area contributed by atoms with E-state index in [2.05, 4.69) is 33.8 Å². The number of nitrogens with zero attached hydrogens (tertiary/aromatic N) is 1. The number of nitrogens with one attached hydrogen (secondary N) is 2. The lowest BCUT2D eigenvalue weighted by Gasteiger charge is -2.14. The molecule has 3 aromatic carbocycles. The average Bonchev–Trinajstić information content (AvgIpc) is 2.72. The molecule has 0 atom stereocenters. The van der Waals surface area contributed by atoms with Crippen molar-refractivity contribution < 1.29 is 13.2 Å². The summed E-state index contributed by atoms with van der Waals surface area (Å²) in [6, 6.07) is 19.5. The van der Waals surface area contributed by atoms with Crippen molar-refractivity contribution in [3.8, 4) is 5.75 Å². The number of aryl methyl sites for hydroxylation is 1. The molecule has 0 amide bonds. The van der Waals surface area contributed by atoms with Crippen LogP contribution in [-0.2, 0) is 16.4 Å². The van der Waals surface area contributed by atoms with Crippen LogP contribution in [0.1, 0.15) is 11.1 Å². The fourth-order valence-corrected chi connectivity index (χ4v) is 4.25. The maximum absolute atomic E-state index is 11.7. The van der Waals surface area contributed by atoms with E-state index in [4.69, 9.17) is 4.74 Å². The molecule has 2 N–H and O–H groups in total. The number of hydrogen-bond donors (Lipinski definition) is 2.